The van der Waals surface area contributed by atoms with Gasteiger partial charge in [0.15, 0.2) is 0 Å². The Morgan fingerprint density at radius 2 is 1.78 bits per heavy atom. The second-order valence-corrected chi connectivity index (χ2v) is 11.1. The van der Waals surface area contributed by atoms with Gasteiger partial charge in [0.1, 0.15) is 0 Å². The molecule has 1 aliphatic rings. The molecule has 0 saturated carbocycles. The highest BCUT2D eigenvalue weighted by Gasteiger charge is 2.29. The fraction of sp³-hybridized carbons (Fsp3) is 0.280. The summed E-state index contributed by atoms with van der Waals surface area (Å²) in [5.41, 5.74) is 10.5. The predicted octanol–water partition coefficient (Wildman–Crippen LogP) is 3.37. The molecule has 2 aromatic carbocycles. The van der Waals surface area contributed by atoms with Crippen LogP contribution < -0.4 is 5.73 Å². The summed E-state index contributed by atoms with van der Waals surface area (Å²) in [5, 5.41) is 11.3. The number of halogens is 1. The van der Waals surface area contributed by atoms with Crippen LogP contribution in [0.2, 0.25) is 5.02 Å². The summed E-state index contributed by atoms with van der Waals surface area (Å²) >= 11 is 6.13. The fourth-order valence-electron chi connectivity index (χ4n) is 3.99. The van der Waals surface area contributed by atoms with Crippen LogP contribution in [0.15, 0.2) is 75.2 Å². The summed E-state index contributed by atoms with van der Waals surface area (Å²) in [6.45, 7) is 4.03. The third kappa shape index (κ3) is 6.07. The predicted molar refractivity (Wildman–Crippen MR) is 147 cm³/mol. The third-order valence-corrected chi connectivity index (χ3v) is 7.43. The summed E-state index contributed by atoms with van der Waals surface area (Å²) in [5.74, 6) is -0.203. The molecule has 1 aromatic heterocycles. The largest absolute Gasteiger partial charge is 0.368 e. The molecule has 0 spiro atoms. The molecule has 1 atom stereocenters. The zero-order chi connectivity index (χ0) is 26.7. The molecule has 1 aliphatic heterocycles. The molecule has 2 N–H and O–H groups in total. The van der Waals surface area contributed by atoms with Crippen molar-refractivity contribution in [3.05, 3.63) is 88.2 Å². The molecule has 0 fully saturated rings. The highest BCUT2D eigenvalue weighted by molar-refractivity contribution is 7.87. The molecule has 12 heteroatoms. The molecule has 37 heavy (non-hydrogen) atoms. The maximum atomic E-state index is 12.8. The SMILES string of the molecule is Cc1cc(C)n(/C(N)=N/C(=N\S(=O)(=O)N(C)C)N2CCC(c3ccccc3)C(c3ccc(Cl)cc3)=N2)n1. The van der Waals surface area contributed by atoms with Crippen molar-refractivity contribution in [1.82, 2.24) is 19.1 Å². The van der Waals surface area contributed by atoms with E-state index in [2.05, 4.69) is 26.6 Å². The molecule has 3 aromatic rings. The first kappa shape index (κ1) is 26.5. The summed E-state index contributed by atoms with van der Waals surface area (Å²) in [7, 11) is -1.24. The monoisotopic (exact) mass is 540 g/mol. The summed E-state index contributed by atoms with van der Waals surface area (Å²) in [6.07, 6.45) is 0.641. The van der Waals surface area contributed by atoms with E-state index in [1.165, 1.54) is 23.8 Å². The van der Waals surface area contributed by atoms with Gasteiger partial charge in [-0.15, -0.1) is 4.40 Å². The molecule has 0 bridgehead atoms. The summed E-state index contributed by atoms with van der Waals surface area (Å²) in [6, 6.07) is 19.3. The van der Waals surface area contributed by atoms with Crippen molar-refractivity contribution in [2.24, 2.45) is 20.2 Å². The van der Waals surface area contributed by atoms with Gasteiger partial charge in [0, 0.05) is 37.3 Å². The Morgan fingerprint density at radius 3 is 2.38 bits per heavy atom. The van der Waals surface area contributed by atoms with Gasteiger partial charge < -0.3 is 5.73 Å². The van der Waals surface area contributed by atoms with Crippen LogP contribution in [0, 0.1) is 13.8 Å². The molecule has 0 saturated heterocycles. The number of guanidine groups is 1. The zero-order valence-corrected chi connectivity index (χ0v) is 22.6. The van der Waals surface area contributed by atoms with E-state index in [4.69, 9.17) is 22.4 Å². The second-order valence-electron chi connectivity index (χ2n) is 8.83. The number of aromatic nitrogens is 2. The summed E-state index contributed by atoms with van der Waals surface area (Å²) < 4.78 is 31.9. The molecule has 0 amide bonds. The highest BCUT2D eigenvalue weighted by atomic mass is 35.5. The van der Waals surface area contributed by atoms with Crippen LogP contribution in [0.1, 0.15) is 34.9 Å². The van der Waals surface area contributed by atoms with Crippen LogP contribution in [-0.4, -0.2) is 65.8 Å². The minimum atomic E-state index is -4.03. The molecule has 0 aliphatic carbocycles. The topological polar surface area (TPSA) is 122 Å². The van der Waals surface area contributed by atoms with Crippen LogP contribution in [0.3, 0.4) is 0 Å². The number of hydrazone groups is 1. The number of aliphatic imine (C=N–C) groups is 1. The van der Waals surface area contributed by atoms with Crippen LogP contribution in [0.4, 0.5) is 0 Å². The minimum Gasteiger partial charge on any atom is -0.368 e. The average Bonchev–Trinajstić information content (AvgIpc) is 3.22. The number of nitrogens with two attached hydrogens (primary N) is 1. The molecular formula is C25H29ClN8O2S. The molecule has 4 rings (SSSR count). The number of aryl methyl sites for hydroxylation is 2. The first-order valence-corrected chi connectivity index (χ1v) is 13.4. The van der Waals surface area contributed by atoms with Crippen LogP contribution in [0.5, 0.6) is 0 Å². The van der Waals surface area contributed by atoms with E-state index in [1.807, 2.05) is 50.2 Å². The quantitative estimate of drug-likeness (QED) is 0.401. The number of benzene rings is 2. The van der Waals surface area contributed by atoms with Crippen molar-refractivity contribution in [3.63, 3.8) is 0 Å². The number of hydrogen-bond acceptors (Lipinski definition) is 4. The molecule has 2 heterocycles. The average molecular weight is 541 g/mol. The number of nitrogens with zero attached hydrogens (tertiary/aromatic N) is 7. The normalized spacial score (nSPS) is 17.3. The molecular weight excluding hydrogens is 512 g/mol. The Hall–Kier alpha value is -3.54. The fourth-order valence-corrected chi connectivity index (χ4v) is 4.62. The lowest BCUT2D eigenvalue weighted by Gasteiger charge is -2.31. The van der Waals surface area contributed by atoms with Gasteiger partial charge in [0.2, 0.25) is 5.96 Å². The standard InChI is InChI=1S/C25H29ClN8O2S/c1-17-16-18(2)34(29-17)24(27)28-25(31-37(35,36)32(3)4)33-15-14-22(19-8-6-5-7-9-19)23(30-33)20-10-12-21(26)13-11-20/h5-13,16,22H,14-15H2,1-4H3,(H2,27,28,31). The first-order chi connectivity index (χ1) is 17.5. The van der Waals surface area contributed by atoms with Gasteiger partial charge in [-0.25, -0.2) is 9.69 Å². The number of hydrogen-bond donors (Lipinski definition) is 1. The molecule has 1 unspecified atom stereocenters. The van der Waals surface area contributed by atoms with E-state index in [9.17, 15) is 8.42 Å². The lowest BCUT2D eigenvalue weighted by Crippen LogP contribution is -2.38. The summed E-state index contributed by atoms with van der Waals surface area (Å²) in [4.78, 5) is 4.39. The van der Waals surface area contributed by atoms with E-state index in [0.29, 0.717) is 18.0 Å². The van der Waals surface area contributed by atoms with Gasteiger partial charge >= 0.3 is 10.2 Å². The Labute approximate surface area is 222 Å². The van der Waals surface area contributed by atoms with Gasteiger partial charge in [-0.2, -0.15) is 27.9 Å². The van der Waals surface area contributed by atoms with Crippen LogP contribution >= 0.6 is 11.6 Å². The van der Waals surface area contributed by atoms with E-state index in [1.54, 1.807) is 12.1 Å². The van der Waals surface area contributed by atoms with E-state index >= 15 is 0 Å². The van der Waals surface area contributed by atoms with Gasteiger partial charge in [0.25, 0.3) is 5.96 Å². The Kier molecular flexibility index (Phi) is 7.76. The van der Waals surface area contributed by atoms with E-state index in [0.717, 1.165) is 32.5 Å². The Bertz CT molecular complexity index is 1460. The van der Waals surface area contributed by atoms with Crippen molar-refractivity contribution in [3.8, 4) is 0 Å². The maximum Gasteiger partial charge on any atom is 0.325 e. The molecule has 0 radical (unpaired) electrons. The van der Waals surface area contributed by atoms with Gasteiger partial charge in [-0.1, -0.05) is 54.1 Å². The smallest absolute Gasteiger partial charge is 0.325 e. The number of rotatable bonds is 4. The van der Waals surface area contributed by atoms with E-state index < -0.39 is 10.2 Å². The molecule has 194 valence electrons. The van der Waals surface area contributed by atoms with Crippen molar-refractivity contribution >= 4 is 39.4 Å². The van der Waals surface area contributed by atoms with E-state index in [-0.39, 0.29) is 17.8 Å². The first-order valence-electron chi connectivity index (χ1n) is 11.6. The van der Waals surface area contributed by atoms with Crippen molar-refractivity contribution in [2.75, 3.05) is 20.6 Å². The highest BCUT2D eigenvalue weighted by Crippen LogP contribution is 2.30. The van der Waals surface area contributed by atoms with Crippen LogP contribution in [-0.2, 0) is 10.2 Å². The second kappa shape index (κ2) is 10.8. The Morgan fingerprint density at radius 1 is 1.11 bits per heavy atom. The third-order valence-electron chi connectivity index (χ3n) is 5.86. The van der Waals surface area contributed by atoms with Gasteiger partial charge in [-0.3, -0.25) is 0 Å². The lowest BCUT2D eigenvalue weighted by molar-refractivity contribution is 0.399. The van der Waals surface area contributed by atoms with Crippen LogP contribution in [0.25, 0.3) is 0 Å². The zero-order valence-electron chi connectivity index (χ0n) is 21.1. The van der Waals surface area contributed by atoms with Crippen molar-refractivity contribution in [1.29, 1.82) is 0 Å². The van der Waals surface area contributed by atoms with Gasteiger partial charge in [-0.05, 0) is 49.6 Å². The van der Waals surface area contributed by atoms with Crippen molar-refractivity contribution in [2.45, 2.75) is 26.2 Å². The van der Waals surface area contributed by atoms with Crippen molar-refractivity contribution < 1.29 is 8.42 Å². The maximum absolute atomic E-state index is 12.8. The van der Waals surface area contributed by atoms with Gasteiger partial charge in [0.05, 0.1) is 11.4 Å². The Balaban J connectivity index is 1.85. The lowest BCUT2D eigenvalue weighted by atomic mass is 9.86. The molecule has 10 nitrogen and oxygen atoms in total. The minimum absolute atomic E-state index is 0.0215.